The maximum absolute atomic E-state index is 12.2. The largest absolute Gasteiger partial charge is 0.324 e. The molecule has 7 nitrogen and oxygen atoms in total. The molecule has 0 aliphatic heterocycles. The van der Waals surface area contributed by atoms with E-state index in [1.165, 1.54) is 12.1 Å². The zero-order valence-electron chi connectivity index (χ0n) is 12.0. The molecular weight excluding hydrogens is 290 g/mol. The number of rotatable bonds is 6. The number of nitrogens with zero attached hydrogens (tertiary/aromatic N) is 2. The summed E-state index contributed by atoms with van der Waals surface area (Å²) in [6.07, 6.45) is 2.58. The highest BCUT2D eigenvalue weighted by molar-refractivity contribution is 7.89. The first-order valence-corrected chi connectivity index (χ1v) is 8.02. The summed E-state index contributed by atoms with van der Waals surface area (Å²) in [7, 11) is -1.74. The van der Waals surface area contributed by atoms with Gasteiger partial charge in [-0.2, -0.15) is 5.10 Å². The van der Waals surface area contributed by atoms with Crippen molar-refractivity contribution < 1.29 is 8.42 Å². The molecule has 2 rings (SSSR count). The minimum absolute atomic E-state index is 0.198. The predicted octanol–water partition coefficient (Wildman–Crippen LogP) is 0.747. The van der Waals surface area contributed by atoms with Crippen LogP contribution < -0.4 is 16.0 Å². The fourth-order valence-electron chi connectivity index (χ4n) is 2.02. The minimum atomic E-state index is -3.55. The molecule has 1 aromatic heterocycles. The topological polar surface area (TPSA) is 102 Å². The Morgan fingerprint density at radius 3 is 2.52 bits per heavy atom. The van der Waals surface area contributed by atoms with Crippen LogP contribution in [0, 0.1) is 0 Å². The van der Waals surface area contributed by atoms with Crippen molar-refractivity contribution in [2.24, 2.45) is 12.9 Å². The molecule has 8 heteroatoms. The van der Waals surface area contributed by atoms with Gasteiger partial charge in [0.2, 0.25) is 10.0 Å². The van der Waals surface area contributed by atoms with Crippen LogP contribution in [0.1, 0.15) is 18.2 Å². The van der Waals surface area contributed by atoms with E-state index < -0.39 is 10.0 Å². The van der Waals surface area contributed by atoms with Crippen molar-refractivity contribution in [3.8, 4) is 0 Å². The van der Waals surface area contributed by atoms with E-state index in [1.54, 1.807) is 16.8 Å². The molecule has 21 heavy (non-hydrogen) atoms. The van der Waals surface area contributed by atoms with Crippen molar-refractivity contribution in [2.75, 3.05) is 5.43 Å². The first-order chi connectivity index (χ1) is 9.96. The predicted molar refractivity (Wildman–Crippen MR) is 80.9 cm³/mol. The lowest BCUT2D eigenvalue weighted by Crippen LogP contribution is -2.23. The molecule has 0 aliphatic rings. The molecule has 0 amide bonds. The van der Waals surface area contributed by atoms with Gasteiger partial charge in [-0.3, -0.25) is 10.5 Å². The summed E-state index contributed by atoms with van der Waals surface area (Å²) < 4.78 is 28.7. The Balaban J connectivity index is 2.13. The van der Waals surface area contributed by atoms with E-state index in [0.717, 1.165) is 17.7 Å². The maximum Gasteiger partial charge on any atom is 0.240 e. The SMILES string of the molecule is CCc1nn(C)cc1CNS(=O)(=O)c1ccc(NN)cc1. The van der Waals surface area contributed by atoms with Gasteiger partial charge in [0.05, 0.1) is 10.6 Å². The number of aromatic nitrogens is 2. The first-order valence-electron chi connectivity index (χ1n) is 6.54. The fraction of sp³-hybridized carbons (Fsp3) is 0.308. The zero-order chi connectivity index (χ0) is 15.5. The van der Waals surface area contributed by atoms with Crippen LogP contribution in [0.2, 0.25) is 0 Å². The second-order valence-electron chi connectivity index (χ2n) is 4.62. The number of hydrogen-bond acceptors (Lipinski definition) is 5. The molecule has 0 radical (unpaired) electrons. The summed E-state index contributed by atoms with van der Waals surface area (Å²) in [5.74, 6) is 5.25. The van der Waals surface area contributed by atoms with E-state index in [1.807, 2.05) is 20.2 Å². The van der Waals surface area contributed by atoms with Gasteiger partial charge in [0.1, 0.15) is 0 Å². The Labute approximate surface area is 124 Å². The Hall–Kier alpha value is -1.90. The van der Waals surface area contributed by atoms with Gasteiger partial charge >= 0.3 is 0 Å². The van der Waals surface area contributed by atoms with Crippen molar-refractivity contribution in [2.45, 2.75) is 24.8 Å². The second kappa shape index (κ2) is 6.25. The third-order valence-electron chi connectivity index (χ3n) is 3.11. The standard InChI is InChI=1S/C13H19N5O2S/c1-3-13-10(9-18(2)17-13)8-15-21(19,20)12-6-4-11(16-14)5-7-12/h4-7,9,15-16H,3,8,14H2,1-2H3. The molecule has 0 bridgehead atoms. The molecule has 0 unspecified atom stereocenters. The van der Waals surface area contributed by atoms with Gasteiger partial charge in [0, 0.05) is 31.0 Å². The lowest BCUT2D eigenvalue weighted by atomic mass is 10.2. The van der Waals surface area contributed by atoms with E-state index in [4.69, 9.17) is 5.84 Å². The Morgan fingerprint density at radius 1 is 1.29 bits per heavy atom. The van der Waals surface area contributed by atoms with Gasteiger partial charge in [0.15, 0.2) is 0 Å². The lowest BCUT2D eigenvalue weighted by Gasteiger charge is -2.07. The third kappa shape index (κ3) is 3.60. The molecule has 0 saturated carbocycles. The van der Waals surface area contributed by atoms with E-state index in [0.29, 0.717) is 5.69 Å². The van der Waals surface area contributed by atoms with Gasteiger partial charge in [0.25, 0.3) is 0 Å². The Morgan fingerprint density at radius 2 is 1.95 bits per heavy atom. The van der Waals surface area contributed by atoms with Crippen molar-refractivity contribution >= 4 is 15.7 Å². The van der Waals surface area contributed by atoms with Crippen molar-refractivity contribution in [3.63, 3.8) is 0 Å². The van der Waals surface area contributed by atoms with Crippen LogP contribution in [0.4, 0.5) is 5.69 Å². The van der Waals surface area contributed by atoms with Gasteiger partial charge in [-0.1, -0.05) is 6.92 Å². The molecule has 114 valence electrons. The molecule has 0 spiro atoms. The first kappa shape index (κ1) is 15.5. The van der Waals surface area contributed by atoms with Crippen LogP contribution in [0.15, 0.2) is 35.4 Å². The average molecular weight is 309 g/mol. The van der Waals surface area contributed by atoms with Crippen molar-refractivity contribution in [1.29, 1.82) is 0 Å². The molecule has 0 aliphatic carbocycles. The Bertz CT molecular complexity index is 707. The zero-order valence-corrected chi connectivity index (χ0v) is 12.8. The highest BCUT2D eigenvalue weighted by Crippen LogP contribution is 2.14. The van der Waals surface area contributed by atoms with E-state index in [9.17, 15) is 8.42 Å². The average Bonchev–Trinajstić information content (AvgIpc) is 2.85. The molecule has 0 fully saturated rings. The van der Waals surface area contributed by atoms with E-state index in [2.05, 4.69) is 15.2 Å². The van der Waals surface area contributed by atoms with Crippen molar-refractivity contribution in [3.05, 3.63) is 41.7 Å². The quantitative estimate of drug-likeness (QED) is 0.540. The fourth-order valence-corrected chi connectivity index (χ4v) is 3.02. The number of hydrazine groups is 1. The van der Waals surface area contributed by atoms with Gasteiger partial charge in [-0.05, 0) is 30.7 Å². The van der Waals surface area contributed by atoms with Crippen molar-refractivity contribution in [1.82, 2.24) is 14.5 Å². The summed E-state index contributed by atoms with van der Waals surface area (Å²) >= 11 is 0. The van der Waals surface area contributed by atoms with Crippen LogP contribution in [-0.2, 0) is 30.0 Å². The molecule has 0 saturated heterocycles. The highest BCUT2D eigenvalue weighted by Gasteiger charge is 2.15. The molecule has 4 N–H and O–H groups in total. The van der Waals surface area contributed by atoms with Crippen LogP contribution in [0.5, 0.6) is 0 Å². The van der Waals surface area contributed by atoms with Gasteiger partial charge in [-0.15, -0.1) is 0 Å². The van der Waals surface area contributed by atoms with Gasteiger partial charge in [-0.25, -0.2) is 13.1 Å². The summed E-state index contributed by atoms with van der Waals surface area (Å²) in [5.41, 5.74) is 4.87. The normalized spacial score (nSPS) is 11.6. The number of aryl methyl sites for hydroxylation is 2. The lowest BCUT2D eigenvalue weighted by molar-refractivity contribution is 0.581. The van der Waals surface area contributed by atoms with Crippen LogP contribution in [0.3, 0.4) is 0 Å². The minimum Gasteiger partial charge on any atom is -0.324 e. The monoisotopic (exact) mass is 309 g/mol. The van der Waals surface area contributed by atoms with Crippen LogP contribution in [-0.4, -0.2) is 18.2 Å². The van der Waals surface area contributed by atoms with E-state index >= 15 is 0 Å². The maximum atomic E-state index is 12.2. The second-order valence-corrected chi connectivity index (χ2v) is 6.39. The number of hydrogen-bond donors (Lipinski definition) is 3. The number of nitrogen functional groups attached to an aromatic ring is 1. The van der Waals surface area contributed by atoms with E-state index in [-0.39, 0.29) is 11.4 Å². The molecule has 1 aromatic carbocycles. The summed E-state index contributed by atoms with van der Waals surface area (Å²) in [5, 5.41) is 4.28. The number of anilines is 1. The number of sulfonamides is 1. The summed E-state index contributed by atoms with van der Waals surface area (Å²) in [6, 6.07) is 6.22. The van der Waals surface area contributed by atoms with Crippen LogP contribution >= 0.6 is 0 Å². The third-order valence-corrected chi connectivity index (χ3v) is 4.53. The number of benzene rings is 1. The molecular formula is C13H19N5O2S. The summed E-state index contributed by atoms with van der Waals surface area (Å²) in [4.78, 5) is 0.198. The van der Waals surface area contributed by atoms with Crippen LogP contribution in [0.25, 0.3) is 0 Å². The highest BCUT2D eigenvalue weighted by atomic mass is 32.2. The number of nitrogens with two attached hydrogens (primary N) is 1. The van der Waals surface area contributed by atoms with Gasteiger partial charge < -0.3 is 5.43 Å². The summed E-state index contributed by atoms with van der Waals surface area (Å²) in [6.45, 7) is 2.20. The smallest absolute Gasteiger partial charge is 0.240 e. The molecule has 2 aromatic rings. The Kier molecular flexibility index (Phi) is 4.61. The molecule has 0 atom stereocenters. The molecule has 1 heterocycles. The number of nitrogens with one attached hydrogen (secondary N) is 2.